The van der Waals surface area contributed by atoms with E-state index >= 15 is 0 Å². The summed E-state index contributed by atoms with van der Waals surface area (Å²) in [6.07, 6.45) is 2.30. The monoisotopic (exact) mass is 277 g/mol. The van der Waals surface area contributed by atoms with Gasteiger partial charge in [-0.05, 0) is 37.6 Å². The summed E-state index contributed by atoms with van der Waals surface area (Å²) in [6, 6.07) is 7.73. The van der Waals surface area contributed by atoms with Crippen molar-refractivity contribution >= 4 is 5.78 Å². The SMILES string of the molecule is CNCC(c1ccc(OC)cc1)C1(O)CCCC(=O)C1. The van der Waals surface area contributed by atoms with Crippen molar-refractivity contribution in [2.45, 2.75) is 37.2 Å². The molecule has 0 radical (unpaired) electrons. The van der Waals surface area contributed by atoms with Gasteiger partial charge in [0.25, 0.3) is 0 Å². The number of methoxy groups -OCH3 is 1. The second-order valence-electron chi connectivity index (χ2n) is 5.56. The van der Waals surface area contributed by atoms with Gasteiger partial charge in [-0.2, -0.15) is 0 Å². The highest BCUT2D eigenvalue weighted by atomic mass is 16.5. The first-order valence-corrected chi connectivity index (χ1v) is 7.11. The highest BCUT2D eigenvalue weighted by molar-refractivity contribution is 5.80. The molecule has 1 aromatic carbocycles. The highest BCUT2D eigenvalue weighted by Gasteiger charge is 2.41. The molecular weight excluding hydrogens is 254 g/mol. The molecule has 0 aromatic heterocycles. The Hall–Kier alpha value is -1.39. The molecule has 4 nitrogen and oxygen atoms in total. The van der Waals surface area contributed by atoms with Gasteiger partial charge < -0.3 is 15.2 Å². The maximum atomic E-state index is 11.7. The number of nitrogens with one attached hydrogen (secondary N) is 1. The second kappa shape index (κ2) is 6.37. The number of benzene rings is 1. The number of likely N-dealkylation sites (N-methyl/N-ethyl adjacent to an activating group) is 1. The van der Waals surface area contributed by atoms with E-state index in [9.17, 15) is 9.90 Å². The van der Waals surface area contributed by atoms with Crippen LogP contribution in [0.4, 0.5) is 0 Å². The second-order valence-corrected chi connectivity index (χ2v) is 5.56. The zero-order valence-electron chi connectivity index (χ0n) is 12.2. The number of ether oxygens (including phenoxy) is 1. The van der Waals surface area contributed by atoms with Gasteiger partial charge in [-0.25, -0.2) is 0 Å². The number of rotatable bonds is 5. The minimum Gasteiger partial charge on any atom is -0.497 e. The molecule has 4 heteroatoms. The zero-order valence-corrected chi connectivity index (χ0v) is 12.2. The molecule has 2 atom stereocenters. The molecule has 110 valence electrons. The van der Waals surface area contributed by atoms with Crippen molar-refractivity contribution in [3.8, 4) is 5.75 Å². The van der Waals surface area contributed by atoms with Gasteiger partial charge >= 0.3 is 0 Å². The lowest BCUT2D eigenvalue weighted by molar-refractivity contribution is -0.129. The Morgan fingerprint density at radius 1 is 1.40 bits per heavy atom. The Bertz CT molecular complexity index is 457. The summed E-state index contributed by atoms with van der Waals surface area (Å²) in [5.41, 5.74) is 0.102. The average molecular weight is 277 g/mol. The molecule has 2 N–H and O–H groups in total. The predicted molar refractivity (Wildman–Crippen MR) is 78.1 cm³/mol. The van der Waals surface area contributed by atoms with E-state index in [2.05, 4.69) is 5.32 Å². The number of Topliss-reactive ketones (excluding diaryl/α,β-unsaturated/α-hetero) is 1. The number of aliphatic hydroxyl groups is 1. The summed E-state index contributed by atoms with van der Waals surface area (Å²) in [4.78, 5) is 11.7. The smallest absolute Gasteiger partial charge is 0.135 e. The molecule has 0 saturated heterocycles. The fourth-order valence-electron chi connectivity index (χ4n) is 3.07. The van der Waals surface area contributed by atoms with E-state index in [4.69, 9.17) is 4.74 Å². The van der Waals surface area contributed by atoms with Crippen molar-refractivity contribution < 1.29 is 14.6 Å². The van der Waals surface area contributed by atoms with Crippen molar-refractivity contribution in [3.05, 3.63) is 29.8 Å². The molecule has 0 spiro atoms. The van der Waals surface area contributed by atoms with E-state index in [1.165, 1.54) is 0 Å². The van der Waals surface area contributed by atoms with E-state index in [1.54, 1.807) is 7.11 Å². The Morgan fingerprint density at radius 3 is 2.65 bits per heavy atom. The first-order valence-electron chi connectivity index (χ1n) is 7.11. The maximum absolute atomic E-state index is 11.7. The summed E-state index contributed by atoms with van der Waals surface area (Å²) in [5.74, 6) is 0.875. The number of hydrogen-bond donors (Lipinski definition) is 2. The minimum atomic E-state index is -0.938. The van der Waals surface area contributed by atoms with Gasteiger partial charge in [0.05, 0.1) is 12.7 Å². The summed E-state index contributed by atoms with van der Waals surface area (Å²) in [6.45, 7) is 0.649. The van der Waals surface area contributed by atoms with Crippen molar-refractivity contribution in [2.75, 3.05) is 20.7 Å². The van der Waals surface area contributed by atoms with Crippen molar-refractivity contribution in [1.29, 1.82) is 0 Å². The van der Waals surface area contributed by atoms with E-state index in [1.807, 2.05) is 31.3 Å². The number of hydrogen-bond acceptors (Lipinski definition) is 4. The summed E-state index contributed by atoms with van der Waals surface area (Å²) in [5, 5.41) is 14.1. The van der Waals surface area contributed by atoms with Crippen molar-refractivity contribution in [1.82, 2.24) is 5.32 Å². The normalized spacial score (nSPS) is 24.4. The molecule has 20 heavy (non-hydrogen) atoms. The van der Waals surface area contributed by atoms with Crippen LogP contribution in [0.25, 0.3) is 0 Å². The Morgan fingerprint density at radius 2 is 2.10 bits per heavy atom. The molecule has 0 aliphatic heterocycles. The van der Waals surface area contributed by atoms with E-state index in [0.29, 0.717) is 19.4 Å². The molecule has 2 rings (SSSR count). The number of carbonyl (C=O) groups excluding carboxylic acids is 1. The third kappa shape index (κ3) is 3.19. The van der Waals surface area contributed by atoms with Gasteiger partial charge in [0.15, 0.2) is 0 Å². The standard InChI is InChI=1S/C16H23NO3/c1-17-11-15(12-5-7-14(20-2)8-6-12)16(19)9-3-4-13(18)10-16/h5-8,15,17,19H,3-4,9-11H2,1-2H3. The maximum Gasteiger partial charge on any atom is 0.135 e. The van der Waals surface area contributed by atoms with Crippen LogP contribution in [0.1, 0.15) is 37.2 Å². The van der Waals surface area contributed by atoms with Crippen LogP contribution in [0.3, 0.4) is 0 Å². The summed E-state index contributed by atoms with van der Waals surface area (Å²) in [7, 11) is 3.50. The van der Waals surface area contributed by atoms with Gasteiger partial charge in [0.2, 0.25) is 0 Å². The average Bonchev–Trinajstić information content (AvgIpc) is 2.44. The first-order chi connectivity index (χ1) is 9.59. The van der Waals surface area contributed by atoms with Gasteiger partial charge in [-0.3, -0.25) is 4.79 Å². The Balaban J connectivity index is 2.26. The van der Waals surface area contributed by atoms with Crippen LogP contribution in [-0.2, 0) is 4.79 Å². The third-order valence-electron chi connectivity index (χ3n) is 4.14. The molecule has 0 bridgehead atoms. The summed E-state index contributed by atoms with van der Waals surface area (Å²) >= 11 is 0. The van der Waals surface area contributed by atoms with Crippen molar-refractivity contribution in [3.63, 3.8) is 0 Å². The van der Waals surface area contributed by atoms with Crippen LogP contribution < -0.4 is 10.1 Å². The first kappa shape index (κ1) is 15.0. The quantitative estimate of drug-likeness (QED) is 0.862. The fourth-order valence-corrected chi connectivity index (χ4v) is 3.07. The minimum absolute atomic E-state index is 0.0809. The number of carbonyl (C=O) groups is 1. The largest absolute Gasteiger partial charge is 0.497 e. The molecule has 0 heterocycles. The molecule has 1 fully saturated rings. The summed E-state index contributed by atoms with van der Waals surface area (Å²) < 4.78 is 5.16. The van der Waals surface area contributed by atoms with Crippen LogP contribution in [0.2, 0.25) is 0 Å². The van der Waals surface area contributed by atoms with Crippen molar-refractivity contribution in [2.24, 2.45) is 0 Å². The van der Waals surface area contributed by atoms with E-state index in [0.717, 1.165) is 17.7 Å². The van der Waals surface area contributed by atoms with Crippen LogP contribution in [0.5, 0.6) is 5.75 Å². The molecule has 1 aliphatic rings. The van der Waals surface area contributed by atoms with Gasteiger partial charge in [-0.1, -0.05) is 12.1 Å². The lowest BCUT2D eigenvalue weighted by atomic mass is 9.72. The molecular formula is C16H23NO3. The third-order valence-corrected chi connectivity index (χ3v) is 4.14. The Kier molecular flexibility index (Phi) is 4.78. The fraction of sp³-hybridized carbons (Fsp3) is 0.562. The van der Waals surface area contributed by atoms with Crippen LogP contribution in [0, 0.1) is 0 Å². The molecule has 0 amide bonds. The van der Waals surface area contributed by atoms with E-state index in [-0.39, 0.29) is 18.1 Å². The van der Waals surface area contributed by atoms with E-state index < -0.39 is 5.60 Å². The van der Waals surface area contributed by atoms with Gasteiger partial charge in [0.1, 0.15) is 11.5 Å². The van der Waals surface area contributed by atoms with Gasteiger partial charge in [0, 0.05) is 25.3 Å². The Labute approximate surface area is 120 Å². The lowest BCUT2D eigenvalue weighted by Gasteiger charge is -2.39. The van der Waals surface area contributed by atoms with Gasteiger partial charge in [-0.15, -0.1) is 0 Å². The topological polar surface area (TPSA) is 58.6 Å². The molecule has 1 aliphatic carbocycles. The molecule has 1 aromatic rings. The predicted octanol–water partition coefficient (Wildman–Crippen LogP) is 1.87. The van der Waals surface area contributed by atoms with Crippen LogP contribution in [-0.4, -0.2) is 37.2 Å². The highest BCUT2D eigenvalue weighted by Crippen LogP contribution is 2.38. The molecule has 1 saturated carbocycles. The van der Waals surface area contributed by atoms with Crippen LogP contribution in [0.15, 0.2) is 24.3 Å². The van der Waals surface area contributed by atoms with Crippen LogP contribution >= 0.6 is 0 Å². The number of ketones is 1. The zero-order chi connectivity index (χ0) is 14.6. The molecule has 2 unspecified atom stereocenters. The lowest BCUT2D eigenvalue weighted by Crippen LogP contribution is -2.44.